The van der Waals surface area contributed by atoms with Gasteiger partial charge in [0.25, 0.3) is 0 Å². The Labute approximate surface area is 114 Å². The molecule has 0 unspecified atom stereocenters. The Bertz CT molecular complexity index is 667. The van der Waals surface area contributed by atoms with Crippen molar-refractivity contribution in [1.82, 2.24) is 0 Å². The molecule has 0 radical (unpaired) electrons. The van der Waals surface area contributed by atoms with E-state index >= 15 is 0 Å². The van der Waals surface area contributed by atoms with Gasteiger partial charge in [-0.3, -0.25) is 0 Å². The molecule has 0 bridgehead atoms. The lowest BCUT2D eigenvalue weighted by molar-refractivity contribution is 0.232. The van der Waals surface area contributed by atoms with Crippen LogP contribution >= 0.6 is 0 Å². The number of fused-ring (bicyclic) bond motifs is 1. The van der Waals surface area contributed by atoms with Gasteiger partial charge in [-0.2, -0.15) is 0 Å². The van der Waals surface area contributed by atoms with E-state index in [1.54, 1.807) is 12.1 Å². The highest BCUT2D eigenvalue weighted by Crippen LogP contribution is 2.32. The zero-order valence-electron chi connectivity index (χ0n) is 10.7. The number of hydrogen-bond acceptors (Lipinski definition) is 1. The summed E-state index contributed by atoms with van der Waals surface area (Å²) in [6.07, 6.45) is 1.49. The van der Waals surface area contributed by atoms with E-state index < -0.39 is 17.5 Å². The fraction of sp³-hybridized carbons (Fsp3) is 0.250. The van der Waals surface area contributed by atoms with E-state index in [0.717, 1.165) is 23.6 Å². The van der Waals surface area contributed by atoms with Gasteiger partial charge in [0.2, 0.25) is 0 Å². The summed E-state index contributed by atoms with van der Waals surface area (Å²) in [6.45, 7) is 0.104. The molecule has 1 aliphatic carbocycles. The lowest BCUT2D eigenvalue weighted by atomic mass is 10.00. The molecule has 4 heteroatoms. The molecular weight excluding hydrogens is 265 g/mol. The molecule has 0 aromatic heterocycles. The average molecular weight is 278 g/mol. The van der Waals surface area contributed by atoms with E-state index in [1.807, 2.05) is 6.07 Å². The van der Waals surface area contributed by atoms with Crippen molar-refractivity contribution < 1.29 is 18.3 Å². The topological polar surface area (TPSA) is 20.2 Å². The quantitative estimate of drug-likeness (QED) is 0.834. The summed E-state index contributed by atoms with van der Waals surface area (Å²) in [4.78, 5) is 0. The number of aliphatic hydroxyl groups excluding tert-OH is 1. The van der Waals surface area contributed by atoms with E-state index in [1.165, 1.54) is 0 Å². The van der Waals surface area contributed by atoms with Gasteiger partial charge in [0, 0.05) is 18.2 Å². The summed E-state index contributed by atoms with van der Waals surface area (Å²) < 4.78 is 40.3. The largest absolute Gasteiger partial charge is 0.396 e. The Morgan fingerprint density at radius 2 is 1.75 bits per heavy atom. The van der Waals surface area contributed by atoms with Crippen molar-refractivity contribution in [2.75, 3.05) is 6.61 Å². The van der Waals surface area contributed by atoms with Gasteiger partial charge in [0.1, 0.15) is 5.82 Å². The average Bonchev–Trinajstić information content (AvgIpc) is 2.84. The van der Waals surface area contributed by atoms with Crippen molar-refractivity contribution in [3.05, 3.63) is 58.9 Å². The van der Waals surface area contributed by atoms with Crippen molar-refractivity contribution in [3.63, 3.8) is 0 Å². The second-order valence-corrected chi connectivity index (χ2v) is 5.19. The molecule has 0 fully saturated rings. The van der Waals surface area contributed by atoms with Crippen LogP contribution in [0.1, 0.15) is 11.1 Å². The van der Waals surface area contributed by atoms with Crippen molar-refractivity contribution in [3.8, 4) is 11.1 Å². The molecule has 104 valence electrons. The molecule has 0 saturated carbocycles. The molecule has 1 atom stereocenters. The molecule has 0 saturated heterocycles. The summed E-state index contributed by atoms with van der Waals surface area (Å²) in [5.74, 6) is -2.85. The third-order valence-corrected chi connectivity index (χ3v) is 3.79. The maximum absolute atomic E-state index is 13.8. The molecule has 1 nitrogen and oxygen atoms in total. The lowest BCUT2D eigenvalue weighted by Crippen LogP contribution is -2.04. The summed E-state index contributed by atoms with van der Waals surface area (Å²) in [6, 6.07) is 6.79. The predicted octanol–water partition coefficient (Wildman–Crippen LogP) is 3.48. The Morgan fingerprint density at radius 1 is 1.00 bits per heavy atom. The van der Waals surface area contributed by atoms with Crippen LogP contribution in [-0.2, 0) is 12.8 Å². The fourth-order valence-corrected chi connectivity index (χ4v) is 2.77. The summed E-state index contributed by atoms with van der Waals surface area (Å²) in [5, 5.41) is 9.18. The van der Waals surface area contributed by atoms with Gasteiger partial charge < -0.3 is 5.11 Å². The third-order valence-electron chi connectivity index (χ3n) is 3.79. The van der Waals surface area contributed by atoms with Crippen LogP contribution in [0.4, 0.5) is 13.2 Å². The first-order valence-electron chi connectivity index (χ1n) is 6.46. The third kappa shape index (κ3) is 2.20. The van der Waals surface area contributed by atoms with Crippen molar-refractivity contribution in [1.29, 1.82) is 0 Å². The molecule has 0 heterocycles. The molecule has 0 spiro atoms. The Morgan fingerprint density at radius 3 is 2.50 bits per heavy atom. The maximum atomic E-state index is 13.8. The van der Waals surface area contributed by atoms with Crippen LogP contribution in [0, 0.1) is 23.4 Å². The molecule has 1 N–H and O–H groups in total. The van der Waals surface area contributed by atoms with Crippen molar-refractivity contribution in [2.24, 2.45) is 5.92 Å². The first kappa shape index (κ1) is 13.2. The molecule has 3 rings (SSSR count). The number of aliphatic hydroxyl groups is 1. The van der Waals surface area contributed by atoms with Crippen LogP contribution < -0.4 is 0 Å². The molecular formula is C16H13F3O. The highest BCUT2D eigenvalue weighted by atomic mass is 19.2. The molecule has 20 heavy (non-hydrogen) atoms. The molecule has 1 aliphatic rings. The Kier molecular flexibility index (Phi) is 3.26. The monoisotopic (exact) mass is 278 g/mol. The van der Waals surface area contributed by atoms with Crippen molar-refractivity contribution in [2.45, 2.75) is 12.8 Å². The standard InChI is InChI=1S/C16H13F3O/c17-13-6-14(16(19)15(18)7-13)11-2-1-10-3-9(8-20)4-12(10)5-11/h1-2,5-7,9,20H,3-4,8H2/t9-/m1/s1. The van der Waals surface area contributed by atoms with Gasteiger partial charge in [0.15, 0.2) is 11.6 Å². The molecule has 2 aromatic rings. The second kappa shape index (κ2) is 4.94. The summed E-state index contributed by atoms with van der Waals surface area (Å²) in [7, 11) is 0. The van der Waals surface area contributed by atoms with E-state index in [-0.39, 0.29) is 18.1 Å². The minimum atomic E-state index is -1.19. The summed E-state index contributed by atoms with van der Waals surface area (Å²) >= 11 is 0. The van der Waals surface area contributed by atoms with E-state index in [2.05, 4.69) is 0 Å². The van der Waals surface area contributed by atoms with Crippen LogP contribution in [-0.4, -0.2) is 11.7 Å². The van der Waals surface area contributed by atoms with E-state index in [9.17, 15) is 18.3 Å². The van der Waals surface area contributed by atoms with Crippen LogP contribution in [0.5, 0.6) is 0 Å². The second-order valence-electron chi connectivity index (χ2n) is 5.19. The molecule has 2 aromatic carbocycles. The molecule has 0 amide bonds. The van der Waals surface area contributed by atoms with Gasteiger partial charge in [-0.05, 0) is 41.5 Å². The van der Waals surface area contributed by atoms with Gasteiger partial charge in [-0.1, -0.05) is 18.2 Å². The zero-order valence-corrected chi connectivity index (χ0v) is 10.7. The lowest BCUT2D eigenvalue weighted by Gasteiger charge is -2.07. The highest BCUT2D eigenvalue weighted by molar-refractivity contribution is 5.66. The van der Waals surface area contributed by atoms with Crippen LogP contribution in [0.15, 0.2) is 30.3 Å². The van der Waals surface area contributed by atoms with Gasteiger partial charge in [-0.25, -0.2) is 13.2 Å². The van der Waals surface area contributed by atoms with E-state index in [4.69, 9.17) is 0 Å². The number of benzene rings is 2. The zero-order chi connectivity index (χ0) is 14.3. The van der Waals surface area contributed by atoms with Crippen LogP contribution in [0.3, 0.4) is 0 Å². The summed E-state index contributed by atoms with van der Waals surface area (Å²) in [5.41, 5.74) is 2.49. The first-order chi connectivity index (χ1) is 9.58. The van der Waals surface area contributed by atoms with Gasteiger partial charge >= 0.3 is 0 Å². The highest BCUT2D eigenvalue weighted by Gasteiger charge is 2.22. The van der Waals surface area contributed by atoms with E-state index in [0.29, 0.717) is 18.1 Å². The van der Waals surface area contributed by atoms with Crippen LogP contribution in [0.25, 0.3) is 11.1 Å². The SMILES string of the molecule is OC[C@@H]1Cc2ccc(-c3cc(F)cc(F)c3F)cc2C1. The minimum absolute atomic E-state index is 0.0715. The number of halogens is 3. The predicted molar refractivity (Wildman–Crippen MR) is 69.7 cm³/mol. The molecule has 0 aliphatic heterocycles. The normalized spacial score (nSPS) is 17.3. The van der Waals surface area contributed by atoms with Crippen molar-refractivity contribution >= 4 is 0 Å². The Hall–Kier alpha value is -1.81. The Balaban J connectivity index is 2.05. The van der Waals surface area contributed by atoms with Crippen LogP contribution in [0.2, 0.25) is 0 Å². The number of rotatable bonds is 2. The van der Waals surface area contributed by atoms with Gasteiger partial charge in [-0.15, -0.1) is 0 Å². The maximum Gasteiger partial charge on any atom is 0.166 e. The fourth-order valence-electron chi connectivity index (χ4n) is 2.77. The minimum Gasteiger partial charge on any atom is -0.396 e. The van der Waals surface area contributed by atoms with Gasteiger partial charge in [0.05, 0.1) is 0 Å². The number of hydrogen-bond donors (Lipinski definition) is 1. The smallest absolute Gasteiger partial charge is 0.166 e. The first-order valence-corrected chi connectivity index (χ1v) is 6.46.